The van der Waals surface area contributed by atoms with Crippen LogP contribution < -0.4 is 5.32 Å². The second-order valence-corrected chi connectivity index (χ2v) is 5.31. The fourth-order valence-corrected chi connectivity index (χ4v) is 2.11. The minimum atomic E-state index is 0.207. The fraction of sp³-hybridized carbons (Fsp3) is 0.923. The summed E-state index contributed by atoms with van der Waals surface area (Å²) in [4.78, 5) is 15.5. The standard InChI is InChI=1S/C13H27N3O/c1-5-11(2)14-12-6-8-16(9-7-12)10-13(17)15(3)4/h11-12,14H,5-10H2,1-4H3. The molecule has 1 saturated heterocycles. The monoisotopic (exact) mass is 241 g/mol. The van der Waals surface area contributed by atoms with E-state index in [1.54, 1.807) is 4.90 Å². The van der Waals surface area contributed by atoms with Gasteiger partial charge < -0.3 is 10.2 Å². The zero-order chi connectivity index (χ0) is 12.8. The summed E-state index contributed by atoms with van der Waals surface area (Å²) in [5, 5.41) is 3.64. The number of likely N-dealkylation sites (N-methyl/N-ethyl adjacent to an activating group) is 1. The van der Waals surface area contributed by atoms with Crippen molar-refractivity contribution in [3.8, 4) is 0 Å². The lowest BCUT2D eigenvalue weighted by Gasteiger charge is -2.33. The Labute approximate surface area is 105 Å². The highest BCUT2D eigenvalue weighted by atomic mass is 16.2. The average molecular weight is 241 g/mol. The second kappa shape index (κ2) is 6.97. The number of carbonyl (C=O) groups excluding carboxylic acids is 1. The van der Waals surface area contributed by atoms with E-state index in [9.17, 15) is 4.79 Å². The summed E-state index contributed by atoms with van der Waals surface area (Å²) in [6, 6.07) is 1.24. The van der Waals surface area contributed by atoms with Crippen molar-refractivity contribution in [2.24, 2.45) is 0 Å². The van der Waals surface area contributed by atoms with Gasteiger partial charge in [0.2, 0.25) is 5.91 Å². The van der Waals surface area contributed by atoms with Crippen LogP contribution in [0.25, 0.3) is 0 Å². The quantitative estimate of drug-likeness (QED) is 0.778. The largest absolute Gasteiger partial charge is 0.348 e. The van der Waals surface area contributed by atoms with E-state index in [4.69, 9.17) is 0 Å². The Balaban J connectivity index is 2.24. The maximum atomic E-state index is 11.6. The molecule has 100 valence electrons. The molecule has 1 atom stereocenters. The zero-order valence-electron chi connectivity index (χ0n) is 11.7. The third-order valence-corrected chi connectivity index (χ3v) is 3.58. The topological polar surface area (TPSA) is 35.6 Å². The highest BCUT2D eigenvalue weighted by molar-refractivity contribution is 5.77. The molecule has 0 radical (unpaired) electrons. The van der Waals surface area contributed by atoms with Gasteiger partial charge in [-0.3, -0.25) is 9.69 Å². The Morgan fingerprint density at radius 3 is 2.47 bits per heavy atom. The predicted molar refractivity (Wildman–Crippen MR) is 71.0 cm³/mol. The second-order valence-electron chi connectivity index (χ2n) is 5.31. The number of hydrogen-bond donors (Lipinski definition) is 1. The lowest BCUT2D eigenvalue weighted by Crippen LogP contribution is -2.47. The molecule has 0 saturated carbocycles. The molecule has 1 aliphatic heterocycles. The Kier molecular flexibility index (Phi) is 5.92. The highest BCUT2D eigenvalue weighted by Crippen LogP contribution is 2.11. The number of carbonyl (C=O) groups is 1. The summed E-state index contributed by atoms with van der Waals surface area (Å²) in [7, 11) is 3.64. The molecule has 0 bridgehead atoms. The maximum absolute atomic E-state index is 11.6. The van der Waals surface area contributed by atoms with Gasteiger partial charge in [0.15, 0.2) is 0 Å². The number of likely N-dealkylation sites (tertiary alicyclic amines) is 1. The summed E-state index contributed by atoms with van der Waals surface area (Å²) < 4.78 is 0. The molecule has 1 fully saturated rings. The lowest BCUT2D eigenvalue weighted by molar-refractivity contribution is -0.130. The van der Waals surface area contributed by atoms with Crippen LogP contribution in [0.1, 0.15) is 33.1 Å². The molecule has 0 spiro atoms. The molecule has 0 aromatic heterocycles. The first-order valence-electron chi connectivity index (χ1n) is 6.71. The molecule has 1 heterocycles. The molecule has 0 aliphatic carbocycles. The van der Waals surface area contributed by atoms with Gasteiger partial charge in [0.25, 0.3) is 0 Å². The maximum Gasteiger partial charge on any atom is 0.236 e. The number of rotatable bonds is 5. The van der Waals surface area contributed by atoms with Crippen LogP contribution in [0.15, 0.2) is 0 Å². The van der Waals surface area contributed by atoms with Gasteiger partial charge in [0.05, 0.1) is 6.54 Å². The summed E-state index contributed by atoms with van der Waals surface area (Å²) in [5.41, 5.74) is 0. The molecule has 0 aromatic carbocycles. The number of piperidine rings is 1. The average Bonchev–Trinajstić information content (AvgIpc) is 2.31. The number of amides is 1. The molecule has 1 rings (SSSR count). The molecular formula is C13H27N3O. The number of nitrogens with zero attached hydrogens (tertiary/aromatic N) is 2. The molecule has 1 amide bonds. The van der Waals surface area contributed by atoms with Gasteiger partial charge in [0, 0.05) is 39.3 Å². The Hall–Kier alpha value is -0.610. The van der Waals surface area contributed by atoms with Gasteiger partial charge in [-0.15, -0.1) is 0 Å². The number of nitrogens with one attached hydrogen (secondary N) is 1. The zero-order valence-corrected chi connectivity index (χ0v) is 11.7. The number of hydrogen-bond acceptors (Lipinski definition) is 3. The van der Waals surface area contributed by atoms with Crippen LogP contribution in [0.4, 0.5) is 0 Å². The van der Waals surface area contributed by atoms with E-state index in [1.807, 2.05) is 14.1 Å². The molecule has 4 nitrogen and oxygen atoms in total. The van der Waals surface area contributed by atoms with Crippen LogP contribution in [-0.4, -0.2) is 61.5 Å². The van der Waals surface area contributed by atoms with Gasteiger partial charge in [-0.05, 0) is 26.2 Å². The van der Waals surface area contributed by atoms with Crippen molar-refractivity contribution in [2.45, 2.75) is 45.2 Å². The van der Waals surface area contributed by atoms with Gasteiger partial charge in [-0.2, -0.15) is 0 Å². The van der Waals surface area contributed by atoms with E-state index in [0.29, 0.717) is 18.6 Å². The van der Waals surface area contributed by atoms with Crippen LogP contribution in [0.2, 0.25) is 0 Å². The van der Waals surface area contributed by atoms with E-state index >= 15 is 0 Å². The van der Waals surface area contributed by atoms with E-state index in [-0.39, 0.29) is 5.91 Å². The summed E-state index contributed by atoms with van der Waals surface area (Å²) in [5.74, 6) is 0.207. The van der Waals surface area contributed by atoms with Crippen molar-refractivity contribution in [3.05, 3.63) is 0 Å². The lowest BCUT2D eigenvalue weighted by atomic mass is 10.0. The molecule has 1 aliphatic rings. The van der Waals surface area contributed by atoms with E-state index in [1.165, 1.54) is 6.42 Å². The highest BCUT2D eigenvalue weighted by Gasteiger charge is 2.21. The van der Waals surface area contributed by atoms with Gasteiger partial charge in [0.1, 0.15) is 0 Å². The van der Waals surface area contributed by atoms with Crippen molar-refractivity contribution in [1.82, 2.24) is 15.1 Å². The molecular weight excluding hydrogens is 214 g/mol. The summed E-state index contributed by atoms with van der Waals surface area (Å²) >= 11 is 0. The van der Waals surface area contributed by atoms with Crippen molar-refractivity contribution >= 4 is 5.91 Å². The van der Waals surface area contributed by atoms with Crippen LogP contribution in [0.3, 0.4) is 0 Å². The minimum absolute atomic E-state index is 0.207. The molecule has 1 unspecified atom stereocenters. The van der Waals surface area contributed by atoms with Gasteiger partial charge in [-0.25, -0.2) is 0 Å². The fourth-order valence-electron chi connectivity index (χ4n) is 2.11. The van der Waals surface area contributed by atoms with E-state index in [2.05, 4.69) is 24.1 Å². The predicted octanol–water partition coefficient (Wildman–Crippen LogP) is 0.927. The normalized spacial score (nSPS) is 20.2. The first kappa shape index (κ1) is 14.5. The van der Waals surface area contributed by atoms with Crippen molar-refractivity contribution in [3.63, 3.8) is 0 Å². The smallest absolute Gasteiger partial charge is 0.236 e. The van der Waals surface area contributed by atoms with Gasteiger partial charge in [-0.1, -0.05) is 6.92 Å². The SMILES string of the molecule is CCC(C)NC1CCN(CC(=O)N(C)C)CC1. The van der Waals surface area contributed by atoms with Crippen LogP contribution in [0.5, 0.6) is 0 Å². The molecule has 1 N–H and O–H groups in total. The molecule has 17 heavy (non-hydrogen) atoms. The van der Waals surface area contributed by atoms with Crippen molar-refractivity contribution < 1.29 is 4.79 Å². The van der Waals surface area contributed by atoms with Crippen LogP contribution >= 0.6 is 0 Å². The molecule has 4 heteroatoms. The van der Waals surface area contributed by atoms with Crippen LogP contribution in [-0.2, 0) is 4.79 Å². The third-order valence-electron chi connectivity index (χ3n) is 3.58. The first-order valence-corrected chi connectivity index (χ1v) is 6.71. The van der Waals surface area contributed by atoms with E-state index in [0.717, 1.165) is 25.9 Å². The molecule has 0 aromatic rings. The van der Waals surface area contributed by atoms with Crippen molar-refractivity contribution in [1.29, 1.82) is 0 Å². The summed E-state index contributed by atoms with van der Waals surface area (Å²) in [6.07, 6.45) is 3.50. The third kappa shape index (κ3) is 5.04. The minimum Gasteiger partial charge on any atom is -0.348 e. The first-order chi connectivity index (χ1) is 8.02. The summed E-state index contributed by atoms with van der Waals surface area (Å²) in [6.45, 7) is 7.09. The van der Waals surface area contributed by atoms with Gasteiger partial charge >= 0.3 is 0 Å². The Bertz CT molecular complexity index is 235. The Morgan fingerprint density at radius 2 is 2.00 bits per heavy atom. The van der Waals surface area contributed by atoms with Crippen molar-refractivity contribution in [2.75, 3.05) is 33.7 Å². The Morgan fingerprint density at radius 1 is 1.41 bits per heavy atom. The van der Waals surface area contributed by atoms with E-state index < -0.39 is 0 Å². The van der Waals surface area contributed by atoms with Crippen LogP contribution in [0, 0.1) is 0 Å².